The number of nitrogens with zero attached hydrogens (tertiary/aromatic N) is 1. The number of nitrogens with one attached hydrogen (secondary N) is 1. The van der Waals surface area contributed by atoms with E-state index in [0.29, 0.717) is 5.56 Å². The summed E-state index contributed by atoms with van der Waals surface area (Å²) in [6.45, 7) is 1.64. The van der Waals surface area contributed by atoms with Gasteiger partial charge in [-0.3, -0.25) is 4.79 Å². The summed E-state index contributed by atoms with van der Waals surface area (Å²) in [5, 5.41) is 11.6. The molecule has 0 unspecified atom stereocenters. The molecule has 0 aliphatic rings. The first-order valence-corrected chi connectivity index (χ1v) is 5.75. The molecule has 0 fully saturated rings. The van der Waals surface area contributed by atoms with E-state index in [2.05, 4.69) is 10.3 Å². The predicted molar refractivity (Wildman–Crippen MR) is 70.3 cm³/mol. The van der Waals surface area contributed by atoms with E-state index in [1.165, 1.54) is 12.1 Å². The van der Waals surface area contributed by atoms with Gasteiger partial charge >= 0.3 is 5.97 Å². The Kier molecular flexibility index (Phi) is 3.74. The lowest BCUT2D eigenvalue weighted by Gasteiger charge is -2.10. The Morgan fingerprint density at radius 2 is 2.00 bits per heavy atom. The van der Waals surface area contributed by atoms with E-state index in [1.54, 1.807) is 19.1 Å². The molecule has 0 saturated carbocycles. The molecule has 5 nitrogen and oxygen atoms in total. The van der Waals surface area contributed by atoms with E-state index in [1.807, 2.05) is 0 Å². The molecule has 0 spiro atoms. The van der Waals surface area contributed by atoms with Crippen molar-refractivity contribution in [3.05, 3.63) is 59.2 Å². The second-order valence-electron chi connectivity index (χ2n) is 4.13. The molecule has 1 aromatic carbocycles. The van der Waals surface area contributed by atoms with Gasteiger partial charge in [-0.2, -0.15) is 4.39 Å². The average molecular weight is 274 g/mol. The summed E-state index contributed by atoms with van der Waals surface area (Å²) in [6, 6.07) is 7.10. The molecule has 20 heavy (non-hydrogen) atoms. The Bertz CT molecular complexity index is 669. The summed E-state index contributed by atoms with van der Waals surface area (Å²) < 4.78 is 12.7. The molecule has 0 aliphatic carbocycles. The van der Waals surface area contributed by atoms with Gasteiger partial charge in [0.1, 0.15) is 0 Å². The Morgan fingerprint density at radius 1 is 1.25 bits per heavy atom. The molecule has 0 bridgehead atoms. The highest BCUT2D eigenvalue weighted by molar-refractivity contribution is 6.08. The van der Waals surface area contributed by atoms with Gasteiger partial charge in [-0.15, -0.1) is 0 Å². The third-order valence-corrected chi connectivity index (χ3v) is 2.72. The molecule has 102 valence electrons. The maximum atomic E-state index is 12.7. The first kappa shape index (κ1) is 13.7. The standard InChI is InChI=1S/C14H11FN2O3/c1-8-3-2-4-10(12(8)14(19)20)17-13(18)9-5-6-11(15)16-7-9/h2-7H,1H3,(H,17,18)(H,19,20). The number of benzene rings is 1. The van der Waals surface area contributed by atoms with Crippen molar-refractivity contribution >= 4 is 17.6 Å². The number of anilines is 1. The van der Waals surface area contributed by atoms with E-state index in [4.69, 9.17) is 5.11 Å². The first-order valence-electron chi connectivity index (χ1n) is 5.75. The number of carboxylic acids is 1. The van der Waals surface area contributed by atoms with Gasteiger partial charge in [-0.1, -0.05) is 12.1 Å². The summed E-state index contributed by atoms with van der Waals surface area (Å²) in [4.78, 5) is 26.5. The van der Waals surface area contributed by atoms with Gasteiger partial charge in [0.2, 0.25) is 5.95 Å². The lowest BCUT2D eigenvalue weighted by Crippen LogP contribution is -2.15. The Morgan fingerprint density at radius 3 is 2.60 bits per heavy atom. The minimum Gasteiger partial charge on any atom is -0.478 e. The lowest BCUT2D eigenvalue weighted by molar-refractivity contribution is 0.0697. The molecule has 1 aromatic heterocycles. The van der Waals surface area contributed by atoms with Gasteiger partial charge in [0.25, 0.3) is 5.91 Å². The number of carboxylic acid groups (broad SMARTS) is 1. The molecule has 2 N–H and O–H groups in total. The molecular formula is C14H11FN2O3. The fourth-order valence-electron chi connectivity index (χ4n) is 1.76. The topological polar surface area (TPSA) is 79.3 Å². The molecular weight excluding hydrogens is 263 g/mol. The number of hydrogen-bond donors (Lipinski definition) is 2. The number of hydrogen-bond acceptors (Lipinski definition) is 3. The van der Waals surface area contributed by atoms with E-state index >= 15 is 0 Å². The predicted octanol–water partition coefficient (Wildman–Crippen LogP) is 2.48. The van der Waals surface area contributed by atoms with Crippen molar-refractivity contribution in [2.24, 2.45) is 0 Å². The fraction of sp³-hybridized carbons (Fsp3) is 0.0714. The van der Waals surface area contributed by atoms with Crippen LogP contribution in [0.3, 0.4) is 0 Å². The summed E-state index contributed by atoms with van der Waals surface area (Å²) in [5.41, 5.74) is 0.888. The van der Waals surface area contributed by atoms with Gasteiger partial charge in [0.15, 0.2) is 0 Å². The Hall–Kier alpha value is -2.76. The zero-order chi connectivity index (χ0) is 14.7. The number of halogens is 1. The van der Waals surface area contributed by atoms with Gasteiger partial charge in [-0.25, -0.2) is 9.78 Å². The van der Waals surface area contributed by atoms with E-state index in [9.17, 15) is 14.0 Å². The maximum Gasteiger partial charge on any atom is 0.338 e. The Balaban J connectivity index is 2.30. The minimum absolute atomic E-state index is 0.0240. The summed E-state index contributed by atoms with van der Waals surface area (Å²) in [7, 11) is 0. The number of aryl methyl sites for hydroxylation is 1. The highest BCUT2D eigenvalue weighted by Crippen LogP contribution is 2.20. The van der Waals surface area contributed by atoms with E-state index in [0.717, 1.165) is 12.3 Å². The third-order valence-electron chi connectivity index (χ3n) is 2.72. The van der Waals surface area contributed by atoms with E-state index in [-0.39, 0.29) is 16.8 Å². The largest absolute Gasteiger partial charge is 0.478 e. The van der Waals surface area contributed by atoms with Gasteiger partial charge in [-0.05, 0) is 30.7 Å². The van der Waals surface area contributed by atoms with Crippen LogP contribution in [0, 0.1) is 12.9 Å². The number of aromatic carboxylic acids is 1. The Labute approximate surface area is 114 Å². The smallest absolute Gasteiger partial charge is 0.338 e. The maximum absolute atomic E-state index is 12.7. The van der Waals surface area contributed by atoms with Crippen LogP contribution in [0.5, 0.6) is 0 Å². The van der Waals surface area contributed by atoms with Gasteiger partial charge in [0.05, 0.1) is 16.8 Å². The number of rotatable bonds is 3. The lowest BCUT2D eigenvalue weighted by atomic mass is 10.1. The van der Waals surface area contributed by atoms with Crippen molar-refractivity contribution in [3.63, 3.8) is 0 Å². The highest BCUT2D eigenvalue weighted by Gasteiger charge is 2.15. The number of amides is 1. The van der Waals surface area contributed by atoms with Crippen LogP contribution >= 0.6 is 0 Å². The van der Waals surface area contributed by atoms with Crippen LogP contribution in [0.1, 0.15) is 26.3 Å². The summed E-state index contributed by atoms with van der Waals surface area (Å²) >= 11 is 0. The van der Waals surface area contributed by atoms with Crippen LogP contribution in [0.25, 0.3) is 0 Å². The second kappa shape index (κ2) is 5.48. The van der Waals surface area contributed by atoms with Crippen molar-refractivity contribution in [3.8, 4) is 0 Å². The number of pyridine rings is 1. The molecule has 6 heteroatoms. The van der Waals surface area contributed by atoms with Crippen LogP contribution in [0.15, 0.2) is 36.5 Å². The molecule has 2 rings (SSSR count). The van der Waals surface area contributed by atoms with Crippen LogP contribution in [-0.4, -0.2) is 22.0 Å². The van der Waals surface area contributed by atoms with Crippen molar-refractivity contribution < 1.29 is 19.1 Å². The SMILES string of the molecule is Cc1cccc(NC(=O)c2ccc(F)nc2)c1C(=O)O. The normalized spacial score (nSPS) is 10.1. The van der Waals surface area contributed by atoms with Crippen molar-refractivity contribution in [2.45, 2.75) is 6.92 Å². The molecule has 0 radical (unpaired) electrons. The minimum atomic E-state index is -1.13. The molecule has 0 aliphatic heterocycles. The first-order chi connectivity index (χ1) is 9.49. The number of carbonyl (C=O) groups is 2. The molecule has 1 heterocycles. The van der Waals surface area contributed by atoms with Crippen molar-refractivity contribution in [1.82, 2.24) is 4.98 Å². The van der Waals surface area contributed by atoms with Gasteiger partial charge in [0, 0.05) is 6.20 Å². The molecule has 0 atom stereocenters. The molecule has 0 saturated heterocycles. The van der Waals surface area contributed by atoms with Crippen LogP contribution < -0.4 is 5.32 Å². The highest BCUT2D eigenvalue weighted by atomic mass is 19.1. The monoisotopic (exact) mass is 274 g/mol. The fourth-order valence-corrected chi connectivity index (χ4v) is 1.76. The molecule has 2 aromatic rings. The van der Waals surface area contributed by atoms with Crippen LogP contribution in [0.4, 0.5) is 10.1 Å². The average Bonchev–Trinajstić information content (AvgIpc) is 2.39. The zero-order valence-electron chi connectivity index (χ0n) is 10.6. The molecule has 1 amide bonds. The summed E-state index contributed by atoms with van der Waals surface area (Å²) in [6.07, 6.45) is 1.08. The van der Waals surface area contributed by atoms with Crippen LogP contribution in [0.2, 0.25) is 0 Å². The summed E-state index contributed by atoms with van der Waals surface area (Å²) in [5.74, 6) is -2.37. The second-order valence-corrected chi connectivity index (χ2v) is 4.13. The van der Waals surface area contributed by atoms with Crippen molar-refractivity contribution in [2.75, 3.05) is 5.32 Å². The number of aromatic nitrogens is 1. The zero-order valence-corrected chi connectivity index (χ0v) is 10.6. The quantitative estimate of drug-likeness (QED) is 0.843. The van der Waals surface area contributed by atoms with E-state index < -0.39 is 17.8 Å². The van der Waals surface area contributed by atoms with Crippen LogP contribution in [-0.2, 0) is 0 Å². The number of carbonyl (C=O) groups excluding carboxylic acids is 1. The third kappa shape index (κ3) is 2.80. The van der Waals surface area contributed by atoms with Gasteiger partial charge < -0.3 is 10.4 Å². The van der Waals surface area contributed by atoms with Crippen molar-refractivity contribution in [1.29, 1.82) is 0 Å².